The first-order valence-electron chi connectivity index (χ1n) is 4.98. The van der Waals surface area contributed by atoms with Crippen LogP contribution in [0, 0.1) is 5.41 Å². The van der Waals surface area contributed by atoms with Crippen molar-refractivity contribution in [2.45, 2.75) is 20.3 Å². The molecule has 0 bridgehead atoms. The van der Waals surface area contributed by atoms with E-state index in [1.807, 2.05) is 26.1 Å². The fraction of sp³-hybridized carbons (Fsp3) is 0.333. The van der Waals surface area contributed by atoms with Gasteiger partial charge in [-0.25, -0.2) is 0 Å². The minimum Gasteiger partial charge on any atom is -0.334 e. The summed E-state index contributed by atoms with van der Waals surface area (Å²) in [7, 11) is 1.83. The van der Waals surface area contributed by atoms with Gasteiger partial charge in [-0.2, -0.15) is 0 Å². The lowest BCUT2D eigenvalue weighted by Crippen LogP contribution is -2.22. The zero-order valence-corrected chi connectivity index (χ0v) is 9.37. The quantitative estimate of drug-likeness (QED) is 0.467. The van der Waals surface area contributed by atoms with E-state index in [0.717, 1.165) is 11.3 Å². The van der Waals surface area contributed by atoms with Crippen molar-refractivity contribution in [3.63, 3.8) is 0 Å². The molecule has 1 rings (SSSR count). The molecule has 1 N–H and O–H groups in total. The molecule has 1 aromatic rings. The molecule has 0 spiro atoms. The largest absolute Gasteiger partial charge is 0.334 e. The molecule has 3 heteroatoms. The summed E-state index contributed by atoms with van der Waals surface area (Å²) < 4.78 is 0. The lowest BCUT2D eigenvalue weighted by atomic mass is 10.1. The SMILES string of the molecule is CCC(=O)c1ccc(N(C)C(C)=N)cc1. The van der Waals surface area contributed by atoms with Crippen LogP contribution in [0.1, 0.15) is 30.6 Å². The molecule has 0 aliphatic heterocycles. The molecule has 0 aromatic heterocycles. The lowest BCUT2D eigenvalue weighted by molar-refractivity contribution is 0.0988. The molecule has 0 amide bonds. The first-order valence-corrected chi connectivity index (χ1v) is 4.98. The van der Waals surface area contributed by atoms with E-state index in [1.165, 1.54) is 0 Å². The van der Waals surface area contributed by atoms with Gasteiger partial charge in [0.2, 0.25) is 0 Å². The third kappa shape index (κ3) is 2.65. The monoisotopic (exact) mass is 204 g/mol. The van der Waals surface area contributed by atoms with Crippen LogP contribution in [0.2, 0.25) is 0 Å². The summed E-state index contributed by atoms with van der Waals surface area (Å²) in [6.07, 6.45) is 0.527. The molecular weight excluding hydrogens is 188 g/mol. The Morgan fingerprint density at radius 3 is 2.27 bits per heavy atom. The highest BCUT2D eigenvalue weighted by Crippen LogP contribution is 2.14. The fourth-order valence-corrected chi connectivity index (χ4v) is 1.27. The summed E-state index contributed by atoms with van der Waals surface area (Å²) >= 11 is 0. The standard InChI is InChI=1S/C12H16N2O/c1-4-12(15)10-5-7-11(8-6-10)14(3)9(2)13/h5-8,13H,4H2,1-3H3. The van der Waals surface area contributed by atoms with Gasteiger partial charge in [0.05, 0.1) is 5.84 Å². The maximum atomic E-state index is 11.4. The van der Waals surface area contributed by atoms with Crippen LogP contribution in [0.25, 0.3) is 0 Å². The molecule has 3 nitrogen and oxygen atoms in total. The molecule has 0 radical (unpaired) electrons. The smallest absolute Gasteiger partial charge is 0.162 e. The van der Waals surface area contributed by atoms with Crippen LogP contribution < -0.4 is 4.90 Å². The fourth-order valence-electron chi connectivity index (χ4n) is 1.27. The van der Waals surface area contributed by atoms with Gasteiger partial charge in [-0.05, 0) is 31.2 Å². The predicted molar refractivity (Wildman–Crippen MR) is 62.9 cm³/mol. The van der Waals surface area contributed by atoms with E-state index in [4.69, 9.17) is 5.41 Å². The van der Waals surface area contributed by atoms with Crippen LogP contribution in [0.5, 0.6) is 0 Å². The van der Waals surface area contributed by atoms with Gasteiger partial charge in [0.25, 0.3) is 0 Å². The molecule has 0 atom stereocenters. The lowest BCUT2D eigenvalue weighted by Gasteiger charge is -2.17. The maximum Gasteiger partial charge on any atom is 0.162 e. The van der Waals surface area contributed by atoms with Crippen LogP contribution >= 0.6 is 0 Å². The van der Waals surface area contributed by atoms with Gasteiger partial charge in [-0.15, -0.1) is 0 Å². The van der Waals surface area contributed by atoms with Crippen LogP contribution in [-0.4, -0.2) is 18.7 Å². The number of ketones is 1. The number of nitrogens with one attached hydrogen (secondary N) is 1. The number of nitrogens with zero attached hydrogens (tertiary/aromatic N) is 1. The zero-order chi connectivity index (χ0) is 11.4. The van der Waals surface area contributed by atoms with Crippen molar-refractivity contribution < 1.29 is 4.79 Å². The van der Waals surface area contributed by atoms with Gasteiger partial charge in [0.15, 0.2) is 5.78 Å². The second-order valence-electron chi connectivity index (χ2n) is 3.47. The highest BCUT2D eigenvalue weighted by molar-refractivity contribution is 5.97. The van der Waals surface area contributed by atoms with E-state index >= 15 is 0 Å². The number of Topliss-reactive ketones (excluding diaryl/α,β-unsaturated/α-hetero) is 1. The second-order valence-corrected chi connectivity index (χ2v) is 3.47. The molecule has 0 saturated heterocycles. The Morgan fingerprint density at radius 1 is 1.33 bits per heavy atom. The Kier molecular flexibility index (Phi) is 3.61. The molecule has 1 aromatic carbocycles. The molecule has 0 aliphatic carbocycles. The summed E-state index contributed by atoms with van der Waals surface area (Å²) in [6, 6.07) is 7.34. The van der Waals surface area contributed by atoms with E-state index in [-0.39, 0.29) is 5.78 Å². The molecule has 80 valence electrons. The Bertz CT molecular complexity index is 368. The van der Waals surface area contributed by atoms with Crippen LogP contribution in [0.3, 0.4) is 0 Å². The number of anilines is 1. The summed E-state index contributed by atoms with van der Waals surface area (Å²) in [6.45, 7) is 3.58. The van der Waals surface area contributed by atoms with E-state index < -0.39 is 0 Å². The summed E-state index contributed by atoms with van der Waals surface area (Å²) in [4.78, 5) is 13.1. The van der Waals surface area contributed by atoms with Crippen molar-refractivity contribution in [2.24, 2.45) is 0 Å². The Hall–Kier alpha value is -1.64. The first kappa shape index (κ1) is 11.4. The number of hydrogen-bond donors (Lipinski definition) is 1. The normalized spacial score (nSPS) is 9.80. The van der Waals surface area contributed by atoms with E-state index in [2.05, 4.69) is 0 Å². The summed E-state index contributed by atoms with van der Waals surface area (Å²) in [5.74, 6) is 0.625. The van der Waals surface area contributed by atoms with Crippen molar-refractivity contribution in [3.05, 3.63) is 29.8 Å². The number of benzene rings is 1. The van der Waals surface area contributed by atoms with Crippen LogP contribution in [-0.2, 0) is 0 Å². The van der Waals surface area contributed by atoms with Crippen molar-refractivity contribution >= 4 is 17.3 Å². The van der Waals surface area contributed by atoms with E-state index in [9.17, 15) is 4.79 Å². The third-order valence-corrected chi connectivity index (χ3v) is 2.40. The topological polar surface area (TPSA) is 44.2 Å². The Balaban J connectivity index is 2.90. The van der Waals surface area contributed by atoms with Gasteiger partial charge in [-0.3, -0.25) is 10.2 Å². The van der Waals surface area contributed by atoms with Gasteiger partial charge < -0.3 is 4.90 Å². The predicted octanol–water partition coefficient (Wildman–Crippen LogP) is 2.71. The Morgan fingerprint density at radius 2 is 1.87 bits per heavy atom. The molecule has 15 heavy (non-hydrogen) atoms. The summed E-state index contributed by atoms with van der Waals surface area (Å²) in [5.41, 5.74) is 1.66. The highest BCUT2D eigenvalue weighted by Gasteiger charge is 2.05. The Labute approximate surface area is 90.2 Å². The van der Waals surface area contributed by atoms with Crippen molar-refractivity contribution in [2.75, 3.05) is 11.9 Å². The maximum absolute atomic E-state index is 11.4. The van der Waals surface area contributed by atoms with E-state index in [1.54, 1.807) is 24.0 Å². The molecule has 0 unspecified atom stereocenters. The minimum absolute atomic E-state index is 0.149. The first-order chi connectivity index (χ1) is 7.06. The summed E-state index contributed by atoms with van der Waals surface area (Å²) in [5, 5.41) is 7.47. The van der Waals surface area contributed by atoms with Crippen LogP contribution in [0.4, 0.5) is 5.69 Å². The van der Waals surface area contributed by atoms with Gasteiger partial charge >= 0.3 is 0 Å². The second kappa shape index (κ2) is 4.73. The molecule has 0 fully saturated rings. The number of carbonyl (C=O) groups excluding carboxylic acids is 1. The third-order valence-electron chi connectivity index (χ3n) is 2.40. The molecule has 0 heterocycles. The average Bonchev–Trinajstić information content (AvgIpc) is 2.27. The van der Waals surface area contributed by atoms with Gasteiger partial charge in [0.1, 0.15) is 0 Å². The van der Waals surface area contributed by atoms with Crippen molar-refractivity contribution in [1.29, 1.82) is 5.41 Å². The number of rotatable bonds is 3. The average molecular weight is 204 g/mol. The van der Waals surface area contributed by atoms with Gasteiger partial charge in [0, 0.05) is 24.7 Å². The minimum atomic E-state index is 0.149. The zero-order valence-electron chi connectivity index (χ0n) is 9.37. The van der Waals surface area contributed by atoms with Crippen LogP contribution in [0.15, 0.2) is 24.3 Å². The number of amidine groups is 1. The molecular formula is C12H16N2O. The molecule has 0 saturated carbocycles. The van der Waals surface area contributed by atoms with Crippen molar-refractivity contribution in [1.82, 2.24) is 0 Å². The number of hydrogen-bond acceptors (Lipinski definition) is 2. The van der Waals surface area contributed by atoms with Crippen molar-refractivity contribution in [3.8, 4) is 0 Å². The van der Waals surface area contributed by atoms with Gasteiger partial charge in [-0.1, -0.05) is 6.92 Å². The van der Waals surface area contributed by atoms with E-state index in [0.29, 0.717) is 12.3 Å². The molecule has 0 aliphatic rings. The highest BCUT2D eigenvalue weighted by atomic mass is 16.1. The number of carbonyl (C=O) groups is 1.